The van der Waals surface area contributed by atoms with Gasteiger partial charge in [0.15, 0.2) is 5.56 Å². The topological polar surface area (TPSA) is 165 Å². The highest BCUT2D eigenvalue weighted by atomic mass is 16.5. The van der Waals surface area contributed by atoms with Crippen LogP contribution in [-0.4, -0.2) is 46.5 Å². The number of pyridine rings is 1. The van der Waals surface area contributed by atoms with Crippen molar-refractivity contribution in [1.82, 2.24) is 20.6 Å². The van der Waals surface area contributed by atoms with E-state index >= 15 is 0 Å². The van der Waals surface area contributed by atoms with Gasteiger partial charge in [0.05, 0.1) is 18.6 Å². The number of carboxylic acids is 1. The second-order valence-electron chi connectivity index (χ2n) is 8.73. The number of aromatic nitrogens is 3. The van der Waals surface area contributed by atoms with Gasteiger partial charge in [0.1, 0.15) is 6.20 Å². The Morgan fingerprint density at radius 1 is 1.11 bits per heavy atom. The van der Waals surface area contributed by atoms with Crippen molar-refractivity contribution in [3.8, 4) is 17.0 Å². The van der Waals surface area contributed by atoms with Gasteiger partial charge in [-0.15, -0.1) is 0 Å². The summed E-state index contributed by atoms with van der Waals surface area (Å²) in [6, 6.07) is 11.2. The number of amides is 2. The Kier molecular flexibility index (Phi) is 7.83. The fourth-order valence-corrected chi connectivity index (χ4v) is 3.31. The smallest absolute Gasteiger partial charge is 0.348 e. The molecule has 5 N–H and O–H groups in total. The van der Waals surface area contributed by atoms with Gasteiger partial charge in [-0.05, 0) is 31.0 Å². The number of hydrogen-bond acceptors (Lipinski definition) is 6. The number of carbonyl (C=O) groups excluding carboxylic acids is 2. The third kappa shape index (κ3) is 6.12. The van der Waals surface area contributed by atoms with Crippen LogP contribution in [0.5, 0.6) is 5.88 Å². The lowest BCUT2D eigenvalue weighted by atomic mass is 9.92. The summed E-state index contributed by atoms with van der Waals surface area (Å²) < 4.78 is 5.08. The maximum absolute atomic E-state index is 12.8. The quantitative estimate of drug-likeness (QED) is 0.349. The molecule has 2 heterocycles. The Morgan fingerprint density at radius 2 is 1.78 bits per heavy atom. The largest absolute Gasteiger partial charge is 0.481 e. The molecule has 2 aromatic heterocycles. The molecular weight excluding hydrogens is 466 g/mol. The number of rotatable bonds is 9. The first-order valence-corrected chi connectivity index (χ1v) is 11.1. The number of H-pyrrole nitrogens is 2. The minimum Gasteiger partial charge on any atom is -0.481 e. The van der Waals surface area contributed by atoms with Crippen LogP contribution < -0.4 is 25.9 Å². The number of nitrogens with one attached hydrogen (secondary N) is 4. The summed E-state index contributed by atoms with van der Waals surface area (Å²) in [4.78, 5) is 57.5. The standard InChI is InChI=1S/C25H27N5O6/c1-14(24(34)35)11-28-23(33)20-27-13-18(21(31)29-20)22(32)30-25(2,3)17-8-5-15(6-9-17)16-7-10-19(36-4)26-12-16/h5-10,12-14H,11H2,1-4H3,(H,28,33)(H,30,32)(H,34,35)(H,27,29,31)/p+1. The third-order valence-corrected chi connectivity index (χ3v) is 5.62. The summed E-state index contributed by atoms with van der Waals surface area (Å²) in [5, 5.41) is 14.1. The number of methoxy groups -OCH3 is 1. The van der Waals surface area contributed by atoms with Crippen LogP contribution in [0, 0.1) is 5.92 Å². The molecule has 3 aromatic rings. The second kappa shape index (κ2) is 10.8. The molecular formula is C25H28N5O6+. The van der Waals surface area contributed by atoms with E-state index in [0.29, 0.717) is 5.88 Å². The number of nitrogens with zero attached hydrogens (tertiary/aromatic N) is 1. The third-order valence-electron chi connectivity index (χ3n) is 5.62. The fourth-order valence-electron chi connectivity index (χ4n) is 3.31. The molecule has 1 aromatic carbocycles. The minimum absolute atomic E-state index is 0.117. The van der Waals surface area contributed by atoms with Crippen LogP contribution in [0.15, 0.2) is 53.6 Å². The molecule has 0 spiro atoms. The molecule has 3 rings (SSSR count). The van der Waals surface area contributed by atoms with Crippen molar-refractivity contribution in [2.24, 2.45) is 5.92 Å². The zero-order valence-electron chi connectivity index (χ0n) is 20.3. The summed E-state index contributed by atoms with van der Waals surface area (Å²) in [7, 11) is 1.55. The van der Waals surface area contributed by atoms with E-state index in [0.717, 1.165) is 22.9 Å². The van der Waals surface area contributed by atoms with Crippen molar-refractivity contribution < 1.29 is 29.2 Å². The van der Waals surface area contributed by atoms with Crippen molar-refractivity contribution in [2.75, 3.05) is 13.7 Å². The average molecular weight is 495 g/mol. The van der Waals surface area contributed by atoms with Crippen LogP contribution in [0.3, 0.4) is 0 Å². The molecule has 0 aliphatic rings. The average Bonchev–Trinajstić information content (AvgIpc) is 2.86. The molecule has 36 heavy (non-hydrogen) atoms. The second-order valence-corrected chi connectivity index (χ2v) is 8.73. The van der Waals surface area contributed by atoms with E-state index in [4.69, 9.17) is 9.84 Å². The van der Waals surface area contributed by atoms with Crippen molar-refractivity contribution in [3.63, 3.8) is 0 Å². The van der Waals surface area contributed by atoms with E-state index in [1.54, 1.807) is 33.2 Å². The van der Waals surface area contributed by atoms with E-state index in [1.165, 1.54) is 6.92 Å². The zero-order chi connectivity index (χ0) is 26.5. The van der Waals surface area contributed by atoms with E-state index < -0.39 is 34.8 Å². The first-order valence-electron chi connectivity index (χ1n) is 11.1. The normalized spacial score (nSPS) is 11.9. The van der Waals surface area contributed by atoms with Gasteiger partial charge in [0.25, 0.3) is 5.91 Å². The molecule has 11 heteroatoms. The Labute approximate surface area is 207 Å². The van der Waals surface area contributed by atoms with Crippen molar-refractivity contribution in [2.45, 2.75) is 26.3 Å². The molecule has 188 valence electrons. The minimum atomic E-state index is -1.06. The molecule has 0 aliphatic carbocycles. The summed E-state index contributed by atoms with van der Waals surface area (Å²) in [6.07, 6.45) is 2.85. The van der Waals surface area contributed by atoms with Gasteiger partial charge in [0, 0.05) is 24.4 Å². The van der Waals surface area contributed by atoms with Crippen LogP contribution >= 0.6 is 0 Å². The number of carbonyl (C=O) groups is 3. The highest BCUT2D eigenvalue weighted by Crippen LogP contribution is 2.25. The molecule has 0 radical (unpaired) electrons. The molecule has 0 aliphatic heterocycles. The molecule has 2 amide bonds. The molecule has 0 bridgehead atoms. The first-order chi connectivity index (χ1) is 17.0. The zero-order valence-corrected chi connectivity index (χ0v) is 20.3. The maximum Gasteiger partial charge on any atom is 0.348 e. The lowest BCUT2D eigenvalue weighted by Crippen LogP contribution is -2.44. The Morgan fingerprint density at radius 3 is 2.33 bits per heavy atom. The first kappa shape index (κ1) is 26.1. The van der Waals surface area contributed by atoms with Crippen LogP contribution in [0.4, 0.5) is 0 Å². The van der Waals surface area contributed by atoms with Gasteiger partial charge >= 0.3 is 23.3 Å². The van der Waals surface area contributed by atoms with Crippen LogP contribution in [0.2, 0.25) is 0 Å². The Bertz CT molecular complexity index is 1320. The molecule has 0 fully saturated rings. The predicted molar refractivity (Wildman–Crippen MR) is 129 cm³/mol. The van der Waals surface area contributed by atoms with Crippen molar-refractivity contribution >= 4 is 17.8 Å². The van der Waals surface area contributed by atoms with Crippen LogP contribution in [0.1, 0.15) is 47.3 Å². The summed E-state index contributed by atoms with van der Waals surface area (Å²) in [6.45, 7) is 4.93. The Hall–Kier alpha value is -4.54. The maximum atomic E-state index is 12.8. The fraction of sp³-hybridized carbons (Fsp3) is 0.280. The number of benzene rings is 1. The molecule has 1 unspecified atom stereocenters. The molecule has 1 atom stereocenters. The van der Waals surface area contributed by atoms with E-state index in [-0.39, 0.29) is 17.9 Å². The number of aliphatic carboxylic acids is 1. The van der Waals surface area contributed by atoms with Gasteiger partial charge in [0.2, 0.25) is 5.88 Å². The molecule has 11 nitrogen and oxygen atoms in total. The predicted octanol–water partition coefficient (Wildman–Crippen LogP) is 1.38. The summed E-state index contributed by atoms with van der Waals surface area (Å²) >= 11 is 0. The number of hydrogen-bond donors (Lipinski definition) is 4. The molecule has 0 saturated carbocycles. The summed E-state index contributed by atoms with van der Waals surface area (Å²) in [5.41, 5.74) is 0.871. The number of ether oxygens (including phenoxy) is 1. The van der Waals surface area contributed by atoms with Gasteiger partial charge in [-0.25, -0.2) is 19.7 Å². The van der Waals surface area contributed by atoms with Crippen molar-refractivity contribution in [3.05, 3.63) is 76.1 Å². The van der Waals surface area contributed by atoms with Gasteiger partial charge in [-0.1, -0.05) is 31.2 Å². The monoisotopic (exact) mass is 494 g/mol. The SMILES string of the molecule is COc1ccc(-c2ccc(C(C)(C)NC(=O)c3c[nH+]c(C(=O)NCC(C)C(=O)O)[nH]c3=O)cc2)cn1. The number of aromatic amines is 2. The van der Waals surface area contributed by atoms with Crippen LogP contribution in [0.25, 0.3) is 11.1 Å². The lowest BCUT2D eigenvalue weighted by molar-refractivity contribution is -0.387. The van der Waals surface area contributed by atoms with Gasteiger partial charge in [-0.2, -0.15) is 0 Å². The highest BCUT2D eigenvalue weighted by molar-refractivity contribution is 5.94. The van der Waals surface area contributed by atoms with E-state index in [2.05, 4.69) is 25.6 Å². The number of carboxylic acid groups (broad SMARTS) is 1. The lowest BCUT2D eigenvalue weighted by Gasteiger charge is -2.26. The molecule has 0 saturated heterocycles. The van der Waals surface area contributed by atoms with Gasteiger partial charge < -0.3 is 20.5 Å². The van der Waals surface area contributed by atoms with Crippen molar-refractivity contribution in [1.29, 1.82) is 0 Å². The highest BCUT2D eigenvalue weighted by Gasteiger charge is 2.27. The van der Waals surface area contributed by atoms with Gasteiger partial charge in [-0.3, -0.25) is 14.4 Å². The Balaban J connectivity index is 1.69. The van der Waals surface area contributed by atoms with E-state index in [9.17, 15) is 19.2 Å². The van der Waals surface area contributed by atoms with E-state index in [1.807, 2.05) is 30.3 Å². The summed E-state index contributed by atoms with van der Waals surface area (Å²) in [5.74, 6) is -2.86. The van der Waals surface area contributed by atoms with Crippen LogP contribution in [-0.2, 0) is 10.3 Å².